The summed E-state index contributed by atoms with van der Waals surface area (Å²) in [6.07, 6.45) is 1.26. The smallest absolute Gasteiger partial charge is 0.338 e. The molecule has 0 saturated carbocycles. The molecule has 0 saturated heterocycles. The Bertz CT molecular complexity index is 393. The Labute approximate surface area is 107 Å². The molecule has 5 nitrogen and oxygen atoms in total. The third kappa shape index (κ3) is 4.63. The summed E-state index contributed by atoms with van der Waals surface area (Å²) < 4.78 is 10.4. The zero-order chi connectivity index (χ0) is 13.4. The van der Waals surface area contributed by atoms with Gasteiger partial charge in [-0.05, 0) is 31.9 Å². The number of esters is 1. The van der Waals surface area contributed by atoms with Crippen LogP contribution in [0.25, 0.3) is 0 Å². The second-order valence-electron chi connectivity index (χ2n) is 3.79. The first kappa shape index (κ1) is 14.3. The van der Waals surface area contributed by atoms with Crippen LogP contribution in [0.1, 0.15) is 30.1 Å². The highest BCUT2D eigenvalue weighted by molar-refractivity contribution is 5.91. The number of carbonyl (C=O) groups is 1. The van der Waals surface area contributed by atoms with Gasteiger partial charge in [0.2, 0.25) is 0 Å². The lowest BCUT2D eigenvalue weighted by Crippen LogP contribution is -2.08. The number of benzene rings is 1. The molecule has 0 amide bonds. The molecule has 0 aromatic heterocycles. The van der Waals surface area contributed by atoms with E-state index in [4.69, 9.17) is 20.3 Å². The van der Waals surface area contributed by atoms with Gasteiger partial charge >= 0.3 is 5.97 Å². The third-order valence-corrected chi connectivity index (χ3v) is 2.26. The summed E-state index contributed by atoms with van der Waals surface area (Å²) in [6.45, 7) is 2.76. The van der Waals surface area contributed by atoms with Crippen molar-refractivity contribution in [3.05, 3.63) is 23.8 Å². The predicted octanol–water partition coefficient (Wildman–Crippen LogP) is 1.60. The van der Waals surface area contributed by atoms with Gasteiger partial charge in [-0.3, -0.25) is 0 Å². The number of unbranched alkanes of at least 4 members (excludes halogenated alkanes) is 1. The Morgan fingerprint density at radius 1 is 1.33 bits per heavy atom. The van der Waals surface area contributed by atoms with E-state index in [1.807, 2.05) is 6.92 Å². The van der Waals surface area contributed by atoms with Crippen LogP contribution in [0.5, 0.6) is 5.75 Å². The van der Waals surface area contributed by atoms with Gasteiger partial charge in [-0.25, -0.2) is 4.79 Å². The Morgan fingerprint density at radius 3 is 2.78 bits per heavy atom. The average molecular weight is 253 g/mol. The molecule has 0 unspecified atom stereocenters. The molecule has 0 aliphatic rings. The van der Waals surface area contributed by atoms with Crippen LogP contribution in [0.4, 0.5) is 5.69 Å². The standard InChI is InChI=1S/C13H19NO4/c1-2-17-12-8-10(7-11(14)9-12)13(16)18-6-4-3-5-15/h7-9,15H,2-6,14H2,1H3. The first-order valence-electron chi connectivity index (χ1n) is 5.98. The second-order valence-corrected chi connectivity index (χ2v) is 3.79. The quantitative estimate of drug-likeness (QED) is 0.438. The van der Waals surface area contributed by atoms with Gasteiger partial charge in [0.05, 0.1) is 18.8 Å². The van der Waals surface area contributed by atoms with E-state index in [1.54, 1.807) is 18.2 Å². The van der Waals surface area contributed by atoms with E-state index in [2.05, 4.69) is 0 Å². The summed E-state index contributed by atoms with van der Waals surface area (Å²) in [5.74, 6) is 0.126. The lowest BCUT2D eigenvalue weighted by Gasteiger charge is -2.08. The summed E-state index contributed by atoms with van der Waals surface area (Å²) >= 11 is 0. The summed E-state index contributed by atoms with van der Waals surface area (Å²) in [5, 5.41) is 8.61. The van der Waals surface area contributed by atoms with Gasteiger partial charge in [0.1, 0.15) is 5.75 Å². The zero-order valence-electron chi connectivity index (χ0n) is 10.5. The van der Waals surface area contributed by atoms with Gasteiger partial charge in [-0.2, -0.15) is 0 Å². The van der Waals surface area contributed by atoms with Crippen LogP contribution in [0.2, 0.25) is 0 Å². The zero-order valence-corrected chi connectivity index (χ0v) is 10.5. The molecule has 0 bridgehead atoms. The van der Waals surface area contributed by atoms with Crippen LogP contribution in [0, 0.1) is 0 Å². The second kappa shape index (κ2) is 7.55. The van der Waals surface area contributed by atoms with Gasteiger partial charge in [0.15, 0.2) is 0 Å². The van der Waals surface area contributed by atoms with Gasteiger partial charge in [-0.1, -0.05) is 0 Å². The highest BCUT2D eigenvalue weighted by atomic mass is 16.5. The van der Waals surface area contributed by atoms with E-state index >= 15 is 0 Å². The van der Waals surface area contributed by atoms with Crippen LogP contribution >= 0.6 is 0 Å². The number of nitrogens with two attached hydrogens (primary N) is 1. The topological polar surface area (TPSA) is 81.8 Å². The molecule has 1 aromatic rings. The van der Waals surface area contributed by atoms with E-state index < -0.39 is 5.97 Å². The maximum atomic E-state index is 11.7. The lowest BCUT2D eigenvalue weighted by molar-refractivity contribution is 0.0492. The SMILES string of the molecule is CCOc1cc(N)cc(C(=O)OCCCCO)c1. The van der Waals surface area contributed by atoms with E-state index in [1.165, 1.54) is 0 Å². The van der Waals surface area contributed by atoms with Crippen molar-refractivity contribution in [1.29, 1.82) is 0 Å². The highest BCUT2D eigenvalue weighted by Gasteiger charge is 2.09. The fourth-order valence-corrected chi connectivity index (χ4v) is 1.45. The Morgan fingerprint density at radius 2 is 2.11 bits per heavy atom. The van der Waals surface area contributed by atoms with Crippen molar-refractivity contribution in [3.8, 4) is 5.75 Å². The molecule has 0 aliphatic heterocycles. The molecule has 5 heteroatoms. The normalized spacial score (nSPS) is 10.1. The van der Waals surface area contributed by atoms with Gasteiger partial charge < -0.3 is 20.3 Å². The summed E-state index contributed by atoms with van der Waals surface area (Å²) in [5.41, 5.74) is 6.52. The molecule has 0 spiro atoms. The number of aliphatic hydroxyl groups is 1. The van der Waals surface area contributed by atoms with Gasteiger partial charge in [-0.15, -0.1) is 0 Å². The molecule has 0 atom stereocenters. The summed E-state index contributed by atoms with van der Waals surface area (Å²) in [6, 6.07) is 4.82. The largest absolute Gasteiger partial charge is 0.494 e. The van der Waals surface area contributed by atoms with Crippen LogP contribution in [-0.2, 0) is 4.74 Å². The van der Waals surface area contributed by atoms with Gasteiger partial charge in [0.25, 0.3) is 0 Å². The van der Waals surface area contributed by atoms with E-state index in [0.717, 1.165) is 0 Å². The molecule has 100 valence electrons. The van der Waals surface area contributed by atoms with Crippen LogP contribution in [-0.4, -0.2) is 30.9 Å². The number of nitrogen functional groups attached to an aromatic ring is 1. The average Bonchev–Trinajstić information content (AvgIpc) is 2.34. The Balaban J connectivity index is 2.61. The predicted molar refractivity (Wildman–Crippen MR) is 68.6 cm³/mol. The number of hydrogen-bond donors (Lipinski definition) is 2. The molecular formula is C13H19NO4. The maximum Gasteiger partial charge on any atom is 0.338 e. The van der Waals surface area contributed by atoms with Crippen LogP contribution < -0.4 is 10.5 Å². The third-order valence-electron chi connectivity index (χ3n) is 2.26. The number of carbonyl (C=O) groups excluding carboxylic acids is 1. The van der Waals surface area contributed by atoms with E-state index in [9.17, 15) is 4.79 Å². The van der Waals surface area contributed by atoms with Crippen LogP contribution in [0.3, 0.4) is 0 Å². The molecule has 0 heterocycles. The molecule has 0 fully saturated rings. The Kier molecular flexibility index (Phi) is 6.00. The molecule has 3 N–H and O–H groups in total. The lowest BCUT2D eigenvalue weighted by atomic mass is 10.2. The van der Waals surface area contributed by atoms with E-state index in [-0.39, 0.29) is 13.2 Å². The van der Waals surface area contributed by atoms with Crippen molar-refractivity contribution < 1.29 is 19.4 Å². The summed E-state index contributed by atoms with van der Waals surface area (Å²) in [7, 11) is 0. The minimum atomic E-state index is -0.429. The van der Waals surface area contributed by atoms with Crippen molar-refractivity contribution in [2.75, 3.05) is 25.6 Å². The number of aliphatic hydroxyl groups excluding tert-OH is 1. The van der Waals surface area contributed by atoms with Crippen LogP contribution in [0.15, 0.2) is 18.2 Å². The number of anilines is 1. The molecule has 0 aliphatic carbocycles. The van der Waals surface area contributed by atoms with E-state index in [0.29, 0.717) is 36.4 Å². The molecule has 1 rings (SSSR count). The number of rotatable bonds is 7. The fourth-order valence-electron chi connectivity index (χ4n) is 1.45. The molecule has 0 radical (unpaired) electrons. The van der Waals surface area contributed by atoms with Crippen molar-refractivity contribution >= 4 is 11.7 Å². The van der Waals surface area contributed by atoms with Crippen molar-refractivity contribution in [3.63, 3.8) is 0 Å². The van der Waals surface area contributed by atoms with Gasteiger partial charge in [0, 0.05) is 18.4 Å². The maximum absolute atomic E-state index is 11.7. The number of ether oxygens (including phenoxy) is 2. The molecule has 18 heavy (non-hydrogen) atoms. The minimum Gasteiger partial charge on any atom is -0.494 e. The first-order valence-corrected chi connectivity index (χ1v) is 5.98. The summed E-state index contributed by atoms with van der Waals surface area (Å²) in [4.78, 5) is 11.7. The Hall–Kier alpha value is -1.75. The first-order chi connectivity index (χ1) is 8.67. The minimum absolute atomic E-state index is 0.102. The van der Waals surface area contributed by atoms with Crippen molar-refractivity contribution in [1.82, 2.24) is 0 Å². The molecule has 1 aromatic carbocycles. The number of hydrogen-bond acceptors (Lipinski definition) is 5. The monoisotopic (exact) mass is 253 g/mol. The molecular weight excluding hydrogens is 234 g/mol. The van der Waals surface area contributed by atoms with Crippen molar-refractivity contribution in [2.45, 2.75) is 19.8 Å². The fraction of sp³-hybridized carbons (Fsp3) is 0.462. The van der Waals surface area contributed by atoms with Crippen molar-refractivity contribution in [2.24, 2.45) is 0 Å². The highest BCUT2D eigenvalue weighted by Crippen LogP contribution is 2.19.